The molecule has 1 N–H and O–H groups in total. The first kappa shape index (κ1) is 14.3. The number of nitrogens with one attached hydrogen (secondary N) is 1. The third-order valence-corrected chi connectivity index (χ3v) is 3.12. The van der Waals surface area contributed by atoms with E-state index >= 15 is 0 Å². The Morgan fingerprint density at radius 1 is 1.36 bits per heavy atom. The molecule has 0 unspecified atom stereocenters. The minimum absolute atomic E-state index is 0.167. The van der Waals surface area contributed by atoms with E-state index in [-0.39, 0.29) is 22.5 Å². The number of fused-ring (bicyclic) bond motifs is 1. The van der Waals surface area contributed by atoms with E-state index in [1.54, 1.807) is 12.1 Å². The zero-order valence-electron chi connectivity index (χ0n) is 11.4. The molecule has 0 saturated carbocycles. The second kappa shape index (κ2) is 5.65. The van der Waals surface area contributed by atoms with Crippen LogP contribution in [0, 0.1) is 5.82 Å². The van der Waals surface area contributed by atoms with Crippen LogP contribution in [0.15, 0.2) is 40.8 Å². The summed E-state index contributed by atoms with van der Waals surface area (Å²) in [6.45, 7) is 1.18. The third-order valence-electron chi connectivity index (χ3n) is 2.81. The monoisotopic (exact) mass is 320 g/mol. The van der Waals surface area contributed by atoms with Crippen LogP contribution in [-0.2, 0) is 4.79 Å². The molecule has 0 aliphatic heterocycles. The summed E-state index contributed by atoms with van der Waals surface area (Å²) >= 11 is 6.04. The molecule has 0 spiro atoms. The number of nitrogens with zero attached hydrogens (tertiary/aromatic N) is 1. The highest BCUT2D eigenvalue weighted by Crippen LogP contribution is 2.32. The van der Waals surface area contributed by atoms with Gasteiger partial charge in [-0.1, -0.05) is 23.7 Å². The van der Waals surface area contributed by atoms with Gasteiger partial charge in [0, 0.05) is 19.1 Å². The summed E-state index contributed by atoms with van der Waals surface area (Å²) in [5, 5.41) is 2.96. The van der Waals surface area contributed by atoms with E-state index in [0.29, 0.717) is 11.1 Å². The van der Waals surface area contributed by atoms with Crippen LogP contribution in [0.25, 0.3) is 11.1 Å². The minimum Gasteiger partial charge on any atom is -0.424 e. The zero-order chi connectivity index (χ0) is 15.7. The highest BCUT2D eigenvalue weighted by molar-refractivity contribution is 6.33. The lowest BCUT2D eigenvalue weighted by Gasteiger charge is -2.08. The summed E-state index contributed by atoms with van der Waals surface area (Å²) in [5.74, 6) is -1.59. The topological polar surface area (TPSA) is 64.4 Å². The quantitative estimate of drug-likeness (QED) is 0.576. The molecule has 0 atom stereocenters. The number of anilines is 2. The van der Waals surface area contributed by atoms with Gasteiger partial charge in [-0.05, 0) is 12.1 Å². The minimum atomic E-state index is -0.724. The molecule has 0 aliphatic carbocycles. The highest BCUT2D eigenvalue weighted by atomic mass is 35.5. The molecule has 2 aromatic carbocycles. The molecular formula is C15H10ClFN2O3. The molecule has 0 bridgehead atoms. The molecule has 1 heterocycles. The molecule has 0 fully saturated rings. The maximum absolute atomic E-state index is 13.9. The summed E-state index contributed by atoms with van der Waals surface area (Å²) in [6, 6.07) is 9.70. The predicted molar refractivity (Wildman–Crippen MR) is 80.0 cm³/mol. The van der Waals surface area contributed by atoms with Crippen LogP contribution in [0.2, 0.25) is 5.02 Å². The number of hydrogen-bond donors (Lipinski definition) is 1. The van der Waals surface area contributed by atoms with Crippen LogP contribution >= 0.6 is 11.6 Å². The summed E-state index contributed by atoms with van der Waals surface area (Å²) in [7, 11) is 0. The Labute approximate surface area is 129 Å². The van der Waals surface area contributed by atoms with Gasteiger partial charge < -0.3 is 14.5 Å². The normalized spacial score (nSPS) is 10.7. The van der Waals surface area contributed by atoms with E-state index in [0.717, 1.165) is 6.07 Å². The van der Waals surface area contributed by atoms with Crippen LogP contribution in [0.5, 0.6) is 5.75 Å². The van der Waals surface area contributed by atoms with E-state index < -0.39 is 11.8 Å². The molecule has 3 aromatic rings. The zero-order valence-corrected chi connectivity index (χ0v) is 12.1. The van der Waals surface area contributed by atoms with Crippen molar-refractivity contribution in [2.75, 3.05) is 5.32 Å². The number of aromatic nitrogens is 1. The molecule has 0 saturated heterocycles. The SMILES string of the molecule is CC(=O)Oc1cc(Cl)c(Nc2nc3ccccc3o2)cc1F. The molecule has 0 aliphatic rings. The van der Waals surface area contributed by atoms with Crippen LogP contribution in [0.1, 0.15) is 6.92 Å². The molecule has 7 heteroatoms. The summed E-state index contributed by atoms with van der Waals surface area (Å²) in [4.78, 5) is 15.1. The maximum atomic E-state index is 13.9. The predicted octanol–water partition coefficient (Wildman–Crippen LogP) is 4.29. The van der Waals surface area contributed by atoms with Crippen molar-refractivity contribution in [3.05, 3.63) is 47.2 Å². The van der Waals surface area contributed by atoms with Gasteiger partial charge in [-0.25, -0.2) is 4.39 Å². The highest BCUT2D eigenvalue weighted by Gasteiger charge is 2.13. The van der Waals surface area contributed by atoms with Crippen molar-refractivity contribution in [2.45, 2.75) is 6.92 Å². The summed E-state index contributed by atoms with van der Waals surface area (Å²) in [5.41, 5.74) is 1.51. The largest absolute Gasteiger partial charge is 0.424 e. The number of carbonyl (C=O) groups excluding carboxylic acids is 1. The van der Waals surface area contributed by atoms with Crippen molar-refractivity contribution in [3.63, 3.8) is 0 Å². The van der Waals surface area contributed by atoms with E-state index in [9.17, 15) is 9.18 Å². The van der Waals surface area contributed by atoms with Gasteiger partial charge in [-0.3, -0.25) is 4.79 Å². The van der Waals surface area contributed by atoms with Gasteiger partial charge in [0.05, 0.1) is 10.7 Å². The van der Waals surface area contributed by atoms with Crippen molar-refractivity contribution in [2.24, 2.45) is 0 Å². The van der Waals surface area contributed by atoms with Crippen LogP contribution < -0.4 is 10.1 Å². The third kappa shape index (κ3) is 2.87. The smallest absolute Gasteiger partial charge is 0.308 e. The van der Waals surface area contributed by atoms with Gasteiger partial charge in [-0.2, -0.15) is 4.98 Å². The number of benzene rings is 2. The number of oxazole rings is 1. The Hall–Kier alpha value is -2.60. The number of halogens is 2. The van der Waals surface area contributed by atoms with Crippen LogP contribution in [0.3, 0.4) is 0 Å². The fourth-order valence-electron chi connectivity index (χ4n) is 1.90. The molecule has 112 valence electrons. The molecule has 1 aromatic heterocycles. The molecule has 0 radical (unpaired) electrons. The van der Waals surface area contributed by atoms with E-state index in [1.807, 2.05) is 12.1 Å². The van der Waals surface area contributed by atoms with E-state index in [1.165, 1.54) is 13.0 Å². The number of carbonyl (C=O) groups is 1. The van der Waals surface area contributed by atoms with Crippen molar-refractivity contribution < 1.29 is 18.3 Å². The Morgan fingerprint density at radius 3 is 2.86 bits per heavy atom. The number of rotatable bonds is 3. The van der Waals surface area contributed by atoms with Gasteiger partial charge in [-0.15, -0.1) is 0 Å². The average molecular weight is 321 g/mol. The van der Waals surface area contributed by atoms with Crippen molar-refractivity contribution in [3.8, 4) is 5.75 Å². The maximum Gasteiger partial charge on any atom is 0.308 e. The second-order valence-corrected chi connectivity index (χ2v) is 4.88. The summed E-state index contributed by atoms with van der Waals surface area (Å²) < 4.78 is 24.1. The standard InChI is InChI=1S/C15H10ClFN2O3/c1-8(20)21-14-6-9(16)12(7-10(14)17)19-15-18-11-4-2-3-5-13(11)22-15/h2-7H,1H3,(H,18,19). The van der Waals surface area contributed by atoms with Gasteiger partial charge in [0.15, 0.2) is 17.1 Å². The van der Waals surface area contributed by atoms with Gasteiger partial charge >= 0.3 is 5.97 Å². The second-order valence-electron chi connectivity index (χ2n) is 4.47. The fraction of sp³-hybridized carbons (Fsp3) is 0.0667. The molecule has 0 amide bonds. The summed E-state index contributed by atoms with van der Waals surface area (Å²) in [6.07, 6.45) is 0. The lowest BCUT2D eigenvalue weighted by atomic mass is 10.3. The van der Waals surface area contributed by atoms with E-state index in [4.69, 9.17) is 20.8 Å². The van der Waals surface area contributed by atoms with Crippen molar-refractivity contribution in [1.29, 1.82) is 0 Å². The Balaban J connectivity index is 1.91. The van der Waals surface area contributed by atoms with Crippen LogP contribution in [-0.4, -0.2) is 11.0 Å². The Bertz CT molecular complexity index is 830. The van der Waals surface area contributed by atoms with Gasteiger partial charge in [0.2, 0.25) is 0 Å². The fourth-order valence-corrected chi connectivity index (χ4v) is 2.10. The molecular weight excluding hydrogens is 311 g/mol. The number of para-hydroxylation sites is 2. The first-order chi connectivity index (χ1) is 10.5. The van der Waals surface area contributed by atoms with Crippen molar-refractivity contribution in [1.82, 2.24) is 4.98 Å². The van der Waals surface area contributed by atoms with Gasteiger partial charge in [0.25, 0.3) is 6.01 Å². The molecule has 22 heavy (non-hydrogen) atoms. The van der Waals surface area contributed by atoms with Crippen molar-refractivity contribution >= 4 is 40.4 Å². The Morgan fingerprint density at radius 2 is 2.14 bits per heavy atom. The van der Waals surface area contributed by atoms with Crippen LogP contribution in [0.4, 0.5) is 16.1 Å². The number of ether oxygens (including phenoxy) is 1. The van der Waals surface area contributed by atoms with E-state index in [2.05, 4.69) is 10.3 Å². The lowest BCUT2D eigenvalue weighted by Crippen LogP contribution is -2.04. The first-order valence-electron chi connectivity index (χ1n) is 6.33. The Kier molecular flexibility index (Phi) is 3.68. The van der Waals surface area contributed by atoms with Gasteiger partial charge in [0.1, 0.15) is 5.52 Å². The average Bonchev–Trinajstić information content (AvgIpc) is 2.86. The molecule has 5 nitrogen and oxygen atoms in total. The first-order valence-corrected chi connectivity index (χ1v) is 6.71. The molecule has 3 rings (SSSR count). The number of hydrogen-bond acceptors (Lipinski definition) is 5. The number of esters is 1. The lowest BCUT2D eigenvalue weighted by molar-refractivity contribution is -0.132.